The van der Waals surface area contributed by atoms with E-state index < -0.39 is 24.1 Å². The molecule has 6 nitrogen and oxygen atoms in total. The molecule has 0 heterocycles. The van der Waals surface area contributed by atoms with E-state index in [4.69, 9.17) is 9.47 Å². The Labute approximate surface area is 153 Å². The normalized spacial score (nSPS) is 12.7. The maximum Gasteiger partial charge on any atom is 0.411 e. The van der Waals surface area contributed by atoms with Crippen LogP contribution in [-0.4, -0.2) is 35.2 Å². The molecule has 0 fully saturated rings. The summed E-state index contributed by atoms with van der Waals surface area (Å²) in [5.74, 6) is -0.466. The third-order valence-corrected chi connectivity index (χ3v) is 4.18. The number of benzene rings is 2. The zero-order chi connectivity index (χ0) is 19.1. The molecule has 2 aromatic carbocycles. The van der Waals surface area contributed by atoms with Crippen LogP contribution in [0.25, 0.3) is 0 Å². The summed E-state index contributed by atoms with van der Waals surface area (Å²) in [5, 5.41) is 9.41. The van der Waals surface area contributed by atoms with Crippen LogP contribution in [-0.2, 0) is 16.1 Å². The monoisotopic (exact) mass is 357 g/mol. The van der Waals surface area contributed by atoms with Crippen molar-refractivity contribution < 1.29 is 24.2 Å². The van der Waals surface area contributed by atoms with Crippen LogP contribution < -0.4 is 4.74 Å². The fraction of sp³-hybridized carbons (Fsp3) is 0.300. The lowest BCUT2D eigenvalue weighted by Crippen LogP contribution is -2.45. The van der Waals surface area contributed by atoms with Gasteiger partial charge in [-0.25, -0.2) is 9.59 Å². The Balaban J connectivity index is 2.21. The van der Waals surface area contributed by atoms with E-state index in [9.17, 15) is 14.7 Å². The first kappa shape index (κ1) is 19.3. The number of carbonyl (C=O) groups excluding carboxylic acids is 1. The fourth-order valence-corrected chi connectivity index (χ4v) is 2.63. The predicted molar refractivity (Wildman–Crippen MR) is 97.0 cm³/mol. The van der Waals surface area contributed by atoms with Gasteiger partial charge in [0, 0.05) is 0 Å². The van der Waals surface area contributed by atoms with Crippen LogP contribution in [0.3, 0.4) is 0 Å². The smallest absolute Gasteiger partial charge is 0.411 e. The van der Waals surface area contributed by atoms with E-state index in [2.05, 4.69) is 0 Å². The van der Waals surface area contributed by atoms with E-state index >= 15 is 0 Å². The maximum atomic E-state index is 12.6. The van der Waals surface area contributed by atoms with Crippen molar-refractivity contribution in [2.75, 3.05) is 7.11 Å². The molecule has 1 amide bonds. The first-order valence-corrected chi connectivity index (χ1v) is 8.29. The van der Waals surface area contributed by atoms with E-state index in [1.54, 1.807) is 32.2 Å². The summed E-state index contributed by atoms with van der Waals surface area (Å²) in [7, 11) is 1.55. The largest absolute Gasteiger partial charge is 0.497 e. The summed E-state index contributed by atoms with van der Waals surface area (Å²) in [4.78, 5) is 25.4. The molecule has 0 radical (unpaired) electrons. The number of hydrogen-bond donors (Lipinski definition) is 1. The van der Waals surface area contributed by atoms with E-state index in [0.717, 1.165) is 11.1 Å². The standard InChI is InChI=1S/C20H23NO5/c1-14(17-10-7-11-18(12-17)25-3)21(15(2)19(22)23)20(24)26-13-16-8-5-4-6-9-16/h4-12,14-15H,13H2,1-3H3,(H,22,23). The second-order valence-electron chi connectivity index (χ2n) is 5.91. The molecule has 0 saturated heterocycles. The van der Waals surface area contributed by atoms with Crippen LogP contribution in [0.4, 0.5) is 4.79 Å². The topological polar surface area (TPSA) is 76.1 Å². The second kappa shape index (κ2) is 8.89. The molecule has 0 aliphatic heterocycles. The highest BCUT2D eigenvalue weighted by atomic mass is 16.6. The number of nitrogens with zero attached hydrogens (tertiary/aromatic N) is 1. The molecule has 0 aliphatic carbocycles. The second-order valence-corrected chi connectivity index (χ2v) is 5.91. The van der Waals surface area contributed by atoms with Crippen molar-refractivity contribution in [1.82, 2.24) is 4.90 Å². The van der Waals surface area contributed by atoms with Crippen molar-refractivity contribution in [2.45, 2.75) is 32.5 Å². The van der Waals surface area contributed by atoms with Gasteiger partial charge in [-0.05, 0) is 37.1 Å². The number of amides is 1. The Kier molecular flexibility index (Phi) is 6.60. The van der Waals surface area contributed by atoms with Crippen molar-refractivity contribution in [1.29, 1.82) is 0 Å². The zero-order valence-corrected chi connectivity index (χ0v) is 15.1. The summed E-state index contributed by atoms with van der Waals surface area (Å²) < 4.78 is 10.6. The highest BCUT2D eigenvalue weighted by Gasteiger charge is 2.32. The molecular weight excluding hydrogens is 334 g/mol. The van der Waals surface area contributed by atoms with Crippen molar-refractivity contribution in [2.24, 2.45) is 0 Å². The van der Waals surface area contributed by atoms with Crippen LogP contribution in [0.1, 0.15) is 31.0 Å². The quantitative estimate of drug-likeness (QED) is 0.814. The van der Waals surface area contributed by atoms with Crippen molar-refractivity contribution in [3.05, 3.63) is 65.7 Å². The Bertz CT molecular complexity index is 747. The third kappa shape index (κ3) is 4.75. The van der Waals surface area contributed by atoms with Crippen LogP contribution in [0.2, 0.25) is 0 Å². The van der Waals surface area contributed by atoms with Crippen molar-refractivity contribution in [3.63, 3.8) is 0 Å². The van der Waals surface area contributed by atoms with Crippen molar-refractivity contribution >= 4 is 12.1 Å². The molecule has 0 saturated carbocycles. The number of carbonyl (C=O) groups is 2. The first-order valence-electron chi connectivity index (χ1n) is 8.29. The van der Waals surface area contributed by atoms with Gasteiger partial charge in [-0.3, -0.25) is 4.90 Å². The maximum absolute atomic E-state index is 12.6. The zero-order valence-electron chi connectivity index (χ0n) is 15.1. The first-order chi connectivity index (χ1) is 12.4. The van der Waals surface area contributed by atoms with Gasteiger partial charge in [0.15, 0.2) is 0 Å². The molecule has 26 heavy (non-hydrogen) atoms. The summed E-state index contributed by atoms with van der Waals surface area (Å²) in [6.45, 7) is 3.30. The minimum atomic E-state index is -1.10. The Morgan fingerprint density at radius 2 is 1.77 bits per heavy atom. The number of aliphatic carboxylic acids is 1. The van der Waals surface area contributed by atoms with Crippen LogP contribution >= 0.6 is 0 Å². The van der Waals surface area contributed by atoms with Gasteiger partial charge in [0.2, 0.25) is 0 Å². The van der Waals surface area contributed by atoms with Gasteiger partial charge in [0.25, 0.3) is 0 Å². The van der Waals surface area contributed by atoms with Gasteiger partial charge in [0.1, 0.15) is 18.4 Å². The predicted octanol–water partition coefficient (Wildman–Crippen LogP) is 3.87. The molecular formula is C20H23NO5. The number of hydrogen-bond acceptors (Lipinski definition) is 4. The lowest BCUT2D eigenvalue weighted by atomic mass is 10.1. The number of ether oxygens (including phenoxy) is 2. The fourth-order valence-electron chi connectivity index (χ4n) is 2.63. The lowest BCUT2D eigenvalue weighted by Gasteiger charge is -2.32. The Hall–Kier alpha value is -3.02. The molecule has 2 unspecified atom stereocenters. The number of methoxy groups -OCH3 is 1. The van der Waals surface area contributed by atoms with Gasteiger partial charge >= 0.3 is 12.1 Å². The van der Waals surface area contributed by atoms with Gasteiger partial charge in [-0.1, -0.05) is 42.5 Å². The SMILES string of the molecule is COc1cccc(C(C)N(C(=O)OCc2ccccc2)C(C)C(=O)O)c1. The number of carboxylic acid groups (broad SMARTS) is 1. The average Bonchev–Trinajstić information content (AvgIpc) is 2.67. The molecule has 2 rings (SSSR count). The molecule has 6 heteroatoms. The van der Waals surface area contributed by atoms with Gasteiger partial charge in [-0.2, -0.15) is 0 Å². The van der Waals surface area contributed by atoms with Gasteiger partial charge in [0.05, 0.1) is 13.2 Å². The number of rotatable bonds is 7. The molecule has 1 N–H and O–H groups in total. The molecule has 0 bridgehead atoms. The van der Waals surface area contributed by atoms with E-state index in [0.29, 0.717) is 5.75 Å². The third-order valence-electron chi connectivity index (χ3n) is 4.18. The summed E-state index contributed by atoms with van der Waals surface area (Å²) >= 11 is 0. The van der Waals surface area contributed by atoms with Crippen molar-refractivity contribution in [3.8, 4) is 5.75 Å². The lowest BCUT2D eigenvalue weighted by molar-refractivity contribution is -0.142. The summed E-state index contributed by atoms with van der Waals surface area (Å²) in [5.41, 5.74) is 1.59. The average molecular weight is 357 g/mol. The molecule has 0 spiro atoms. The minimum absolute atomic E-state index is 0.0767. The summed E-state index contributed by atoms with van der Waals surface area (Å²) in [6.07, 6.45) is -0.681. The molecule has 0 aromatic heterocycles. The Morgan fingerprint density at radius 3 is 2.38 bits per heavy atom. The molecule has 0 aliphatic rings. The summed E-state index contributed by atoms with van der Waals surface area (Å²) in [6, 6.07) is 14.9. The van der Waals surface area contributed by atoms with Gasteiger partial charge < -0.3 is 14.6 Å². The number of carboxylic acids is 1. The van der Waals surface area contributed by atoms with E-state index in [-0.39, 0.29) is 6.61 Å². The molecule has 2 aromatic rings. The molecule has 2 atom stereocenters. The highest BCUT2D eigenvalue weighted by molar-refractivity contribution is 5.80. The van der Waals surface area contributed by atoms with Gasteiger partial charge in [-0.15, -0.1) is 0 Å². The Morgan fingerprint density at radius 1 is 1.08 bits per heavy atom. The highest BCUT2D eigenvalue weighted by Crippen LogP contribution is 2.26. The van der Waals surface area contributed by atoms with Crippen LogP contribution in [0.15, 0.2) is 54.6 Å². The van der Waals surface area contributed by atoms with E-state index in [1.165, 1.54) is 11.8 Å². The molecule has 138 valence electrons. The van der Waals surface area contributed by atoms with Crippen LogP contribution in [0, 0.1) is 0 Å². The van der Waals surface area contributed by atoms with Crippen LogP contribution in [0.5, 0.6) is 5.75 Å². The van der Waals surface area contributed by atoms with E-state index in [1.807, 2.05) is 36.4 Å². The minimum Gasteiger partial charge on any atom is -0.497 e.